The van der Waals surface area contributed by atoms with Gasteiger partial charge in [0.25, 0.3) is 0 Å². The van der Waals surface area contributed by atoms with E-state index in [1.54, 1.807) is 20.3 Å². The van der Waals surface area contributed by atoms with Crippen molar-refractivity contribution >= 4 is 33.4 Å². The van der Waals surface area contributed by atoms with Crippen LogP contribution in [-0.2, 0) is 14.3 Å². The third kappa shape index (κ3) is 3.84. The van der Waals surface area contributed by atoms with Crippen molar-refractivity contribution < 1.29 is 23.8 Å². The molecule has 1 aromatic carbocycles. The Morgan fingerprint density at radius 2 is 1.86 bits per heavy atom. The minimum absolute atomic E-state index is 0.00685. The lowest BCUT2D eigenvalue weighted by Crippen LogP contribution is -2.39. The molecule has 2 atom stereocenters. The van der Waals surface area contributed by atoms with Gasteiger partial charge in [0.1, 0.15) is 17.4 Å². The molecular formula is C22H26BrNO5. The van der Waals surface area contributed by atoms with Gasteiger partial charge >= 0.3 is 5.97 Å². The number of rotatable bonds is 4. The van der Waals surface area contributed by atoms with Crippen molar-refractivity contribution in [3.05, 3.63) is 33.4 Å². The van der Waals surface area contributed by atoms with Crippen molar-refractivity contribution in [1.29, 1.82) is 0 Å². The van der Waals surface area contributed by atoms with E-state index in [2.05, 4.69) is 34.8 Å². The van der Waals surface area contributed by atoms with Crippen LogP contribution in [0.25, 0.3) is 0 Å². The molecule has 0 aromatic heterocycles. The molecule has 6 nitrogen and oxygen atoms in total. The van der Waals surface area contributed by atoms with Crippen LogP contribution < -0.4 is 9.47 Å². The third-order valence-corrected chi connectivity index (χ3v) is 6.17. The van der Waals surface area contributed by atoms with E-state index >= 15 is 0 Å². The topological polar surface area (TPSA) is 74.2 Å². The molecule has 0 bridgehead atoms. The normalized spacial score (nSPS) is 23.3. The summed E-state index contributed by atoms with van der Waals surface area (Å²) >= 11 is 3.52. The maximum atomic E-state index is 13.3. The largest absolute Gasteiger partial charge is 0.497 e. The number of Topliss-reactive ketones (excluding diaryl/α,β-unsaturated/α-hetero) is 1. The molecule has 1 aromatic rings. The van der Waals surface area contributed by atoms with E-state index in [1.807, 2.05) is 13.0 Å². The van der Waals surface area contributed by atoms with Gasteiger partial charge in [-0.2, -0.15) is 0 Å². The number of benzene rings is 1. The van der Waals surface area contributed by atoms with E-state index in [1.165, 1.54) is 7.11 Å². The first-order chi connectivity index (χ1) is 13.6. The fourth-order valence-corrected chi connectivity index (χ4v) is 4.98. The summed E-state index contributed by atoms with van der Waals surface area (Å²) in [6, 6.07) is 3.61. The third-order valence-electron chi connectivity index (χ3n) is 5.58. The molecule has 0 fully saturated rings. The van der Waals surface area contributed by atoms with Gasteiger partial charge < -0.3 is 14.2 Å². The van der Waals surface area contributed by atoms with Gasteiger partial charge in [0.15, 0.2) is 5.78 Å². The molecule has 0 N–H and O–H groups in total. The van der Waals surface area contributed by atoms with Crippen molar-refractivity contribution in [3.8, 4) is 11.5 Å². The van der Waals surface area contributed by atoms with Gasteiger partial charge in [-0.25, -0.2) is 0 Å². The molecule has 2 aliphatic rings. The summed E-state index contributed by atoms with van der Waals surface area (Å²) < 4.78 is 16.9. The van der Waals surface area contributed by atoms with Crippen molar-refractivity contribution in [3.63, 3.8) is 0 Å². The maximum absolute atomic E-state index is 13.3. The summed E-state index contributed by atoms with van der Waals surface area (Å²) in [6.45, 7) is 5.93. The van der Waals surface area contributed by atoms with Crippen molar-refractivity contribution in [2.75, 3.05) is 21.3 Å². The van der Waals surface area contributed by atoms with Gasteiger partial charge in [0.05, 0.1) is 25.8 Å². The first-order valence-electron chi connectivity index (χ1n) is 9.44. The molecule has 7 heteroatoms. The summed E-state index contributed by atoms with van der Waals surface area (Å²) in [5.41, 5.74) is 2.47. The van der Waals surface area contributed by atoms with Gasteiger partial charge in [-0.1, -0.05) is 13.8 Å². The Bertz CT molecular complexity index is 931. The predicted molar refractivity (Wildman–Crippen MR) is 114 cm³/mol. The van der Waals surface area contributed by atoms with E-state index in [9.17, 15) is 9.59 Å². The predicted octanol–water partition coefficient (Wildman–Crippen LogP) is 4.46. The zero-order valence-corrected chi connectivity index (χ0v) is 19.2. The second-order valence-electron chi connectivity index (χ2n) is 8.26. The number of hydrogen-bond acceptors (Lipinski definition) is 6. The minimum Gasteiger partial charge on any atom is -0.497 e. The Balaban J connectivity index is 2.32. The number of ether oxygens (including phenoxy) is 3. The highest BCUT2D eigenvalue weighted by molar-refractivity contribution is 9.10. The van der Waals surface area contributed by atoms with Crippen LogP contribution in [0.1, 0.15) is 45.1 Å². The molecule has 0 radical (unpaired) electrons. The lowest BCUT2D eigenvalue weighted by molar-refractivity contribution is -0.143. The summed E-state index contributed by atoms with van der Waals surface area (Å²) in [6.07, 6.45) is 1.07. The van der Waals surface area contributed by atoms with Crippen LogP contribution in [0.2, 0.25) is 0 Å². The molecule has 29 heavy (non-hydrogen) atoms. The highest BCUT2D eigenvalue weighted by Gasteiger charge is 2.47. The highest BCUT2D eigenvalue weighted by atomic mass is 79.9. The minimum atomic E-state index is -0.711. The standard InChI is InChI=1S/C22H26BrNO5/c1-11-17(21(26)29-6)18(13-7-12(27-4)8-14(23)20(13)28-5)19-15(24-11)9-22(2,3)10-16(19)25/h7-8,17-18H,9-10H2,1-6H3/t17?,18-/m1/s1. The van der Waals surface area contributed by atoms with Crippen LogP contribution >= 0.6 is 15.9 Å². The Hall–Kier alpha value is -2.15. The SMILES string of the molecule is COC(=O)C1C(C)=NC2=C(C(=O)CC(C)(C)C2)[C@@H]1c1cc(OC)cc(Br)c1OC. The van der Waals surface area contributed by atoms with Crippen LogP contribution in [0, 0.1) is 11.3 Å². The monoisotopic (exact) mass is 463 g/mol. The maximum Gasteiger partial charge on any atom is 0.315 e. The molecule has 0 amide bonds. The van der Waals surface area contributed by atoms with Gasteiger partial charge in [0, 0.05) is 34.9 Å². The quantitative estimate of drug-likeness (QED) is 0.616. The number of aliphatic imine (C=N–C) groups is 1. The van der Waals surface area contributed by atoms with Crippen LogP contribution in [0.5, 0.6) is 11.5 Å². The van der Waals surface area contributed by atoms with E-state index in [4.69, 9.17) is 14.2 Å². The van der Waals surface area contributed by atoms with Gasteiger partial charge in [-0.05, 0) is 46.8 Å². The Kier molecular flexibility index (Phi) is 5.90. The number of allylic oxidation sites excluding steroid dienone is 2. The average molecular weight is 464 g/mol. The lowest BCUT2D eigenvalue weighted by atomic mass is 9.66. The second kappa shape index (κ2) is 7.94. The molecular weight excluding hydrogens is 438 g/mol. The first kappa shape index (κ1) is 21.6. The molecule has 0 saturated heterocycles. The Morgan fingerprint density at radius 3 is 2.45 bits per heavy atom. The number of esters is 1. The van der Waals surface area contributed by atoms with Crippen molar-refractivity contribution in [1.82, 2.24) is 0 Å². The fraction of sp³-hybridized carbons (Fsp3) is 0.500. The number of methoxy groups -OCH3 is 3. The smallest absolute Gasteiger partial charge is 0.315 e. The van der Waals surface area contributed by atoms with Crippen LogP contribution in [0.15, 0.2) is 32.9 Å². The van der Waals surface area contributed by atoms with E-state index in [-0.39, 0.29) is 11.2 Å². The number of ketones is 1. The van der Waals surface area contributed by atoms with Crippen LogP contribution in [-0.4, -0.2) is 38.8 Å². The Labute approximate surface area is 179 Å². The molecule has 156 valence electrons. The molecule has 1 aliphatic heterocycles. The van der Waals surface area contributed by atoms with Gasteiger partial charge in [-0.3, -0.25) is 14.6 Å². The summed E-state index contributed by atoms with van der Waals surface area (Å²) in [5.74, 6) is -0.531. The molecule has 0 saturated carbocycles. The number of halogens is 1. The number of hydrogen-bond donors (Lipinski definition) is 0. The van der Waals surface area contributed by atoms with E-state index in [0.29, 0.717) is 45.7 Å². The second-order valence-corrected chi connectivity index (χ2v) is 9.12. The number of carbonyl (C=O) groups is 2. The molecule has 0 spiro atoms. The van der Waals surface area contributed by atoms with E-state index < -0.39 is 17.8 Å². The lowest BCUT2D eigenvalue weighted by Gasteiger charge is -2.39. The Morgan fingerprint density at radius 1 is 1.17 bits per heavy atom. The average Bonchev–Trinajstić information content (AvgIpc) is 2.64. The zero-order valence-electron chi connectivity index (χ0n) is 17.6. The fourth-order valence-electron chi connectivity index (χ4n) is 4.37. The van der Waals surface area contributed by atoms with Gasteiger partial charge in [-0.15, -0.1) is 0 Å². The molecule has 1 heterocycles. The van der Waals surface area contributed by atoms with Crippen LogP contribution in [0.4, 0.5) is 0 Å². The van der Waals surface area contributed by atoms with Crippen molar-refractivity contribution in [2.45, 2.75) is 39.5 Å². The highest BCUT2D eigenvalue weighted by Crippen LogP contribution is 2.51. The van der Waals surface area contributed by atoms with Crippen LogP contribution in [0.3, 0.4) is 0 Å². The van der Waals surface area contributed by atoms with Gasteiger partial charge in [0.2, 0.25) is 0 Å². The van der Waals surface area contributed by atoms with Crippen molar-refractivity contribution in [2.24, 2.45) is 16.3 Å². The van der Waals surface area contributed by atoms with E-state index in [0.717, 1.165) is 5.70 Å². The molecule has 1 unspecified atom stereocenters. The molecule has 1 aliphatic carbocycles. The first-order valence-corrected chi connectivity index (χ1v) is 10.2. The zero-order chi connectivity index (χ0) is 21.5. The number of nitrogens with zero attached hydrogens (tertiary/aromatic N) is 1. The molecule has 3 rings (SSSR count). The summed E-state index contributed by atoms with van der Waals surface area (Å²) in [7, 11) is 4.48. The summed E-state index contributed by atoms with van der Waals surface area (Å²) in [5, 5.41) is 0. The summed E-state index contributed by atoms with van der Waals surface area (Å²) in [4.78, 5) is 30.7. The number of carbonyl (C=O) groups excluding carboxylic acids is 2.